The summed E-state index contributed by atoms with van der Waals surface area (Å²) in [5.41, 5.74) is 6.59. The third-order valence-electron chi connectivity index (χ3n) is 7.67. The summed E-state index contributed by atoms with van der Waals surface area (Å²) >= 11 is 0. The molecule has 2 aromatic heterocycles. The molecule has 0 spiro atoms. The molecule has 6 rings (SSSR count). The third-order valence-corrected chi connectivity index (χ3v) is 7.67. The highest BCUT2D eigenvalue weighted by molar-refractivity contribution is 6.08. The van der Waals surface area contributed by atoms with E-state index in [-0.39, 0.29) is 11.3 Å². The normalized spacial score (nSPS) is 13.8. The number of aryl methyl sites for hydroxylation is 1. The van der Waals surface area contributed by atoms with Crippen LogP contribution >= 0.6 is 0 Å². The molecule has 6 heteroatoms. The molecular weight excluding hydrogens is 512 g/mol. The van der Waals surface area contributed by atoms with Crippen molar-refractivity contribution >= 4 is 27.6 Å². The molecule has 5 aromatic rings. The van der Waals surface area contributed by atoms with Crippen molar-refractivity contribution in [1.29, 1.82) is 0 Å². The van der Waals surface area contributed by atoms with Crippen molar-refractivity contribution in [1.82, 2.24) is 9.55 Å². The zero-order valence-corrected chi connectivity index (χ0v) is 24.2. The first-order chi connectivity index (χ1) is 19.6. The molecule has 0 saturated heterocycles. The first kappa shape index (κ1) is 26.9. The van der Waals surface area contributed by atoms with Crippen LogP contribution in [-0.4, -0.2) is 27.5 Å². The van der Waals surface area contributed by atoms with E-state index in [1.165, 1.54) is 5.56 Å². The Bertz CT molecular complexity index is 1860. The van der Waals surface area contributed by atoms with Crippen LogP contribution < -0.4 is 10.3 Å². The van der Waals surface area contributed by atoms with Crippen LogP contribution in [0, 0.1) is 6.92 Å². The van der Waals surface area contributed by atoms with Crippen LogP contribution in [-0.2, 0) is 22.5 Å². The van der Waals surface area contributed by atoms with Crippen LogP contribution in [0.15, 0.2) is 77.7 Å². The van der Waals surface area contributed by atoms with Crippen molar-refractivity contribution in [3.63, 3.8) is 0 Å². The smallest absolute Gasteiger partial charge is 0.251 e. The second-order valence-corrected chi connectivity index (χ2v) is 11.8. The second kappa shape index (κ2) is 10.3. The number of ketones is 1. The number of rotatable bonds is 6. The van der Waals surface area contributed by atoms with Gasteiger partial charge in [0.15, 0.2) is 5.78 Å². The van der Waals surface area contributed by atoms with Gasteiger partial charge in [-0.05, 0) is 92.8 Å². The Balaban J connectivity index is 1.73. The fraction of sp³-hybridized carbons (Fsp3) is 0.286. The maximum Gasteiger partial charge on any atom is 0.251 e. The van der Waals surface area contributed by atoms with Crippen LogP contribution in [0.3, 0.4) is 0 Å². The minimum absolute atomic E-state index is 0.0831. The van der Waals surface area contributed by atoms with Crippen molar-refractivity contribution in [2.24, 2.45) is 0 Å². The molecular formula is C35H34N2O4. The fourth-order valence-corrected chi connectivity index (χ4v) is 5.95. The molecule has 3 aromatic carbocycles. The molecule has 0 amide bonds. The number of Topliss-reactive ketones (excluding diaryl/α,β-unsaturated/α-hetero) is 1. The van der Waals surface area contributed by atoms with Gasteiger partial charge in [0.25, 0.3) is 5.56 Å². The maximum absolute atomic E-state index is 13.3. The van der Waals surface area contributed by atoms with E-state index in [4.69, 9.17) is 14.5 Å². The minimum atomic E-state index is -0.800. The minimum Gasteiger partial charge on any atom is -0.493 e. The molecule has 208 valence electrons. The summed E-state index contributed by atoms with van der Waals surface area (Å²) in [6.45, 7) is 10.5. The van der Waals surface area contributed by atoms with Crippen molar-refractivity contribution in [2.75, 3.05) is 6.61 Å². The van der Waals surface area contributed by atoms with E-state index in [0.717, 1.165) is 61.8 Å². The van der Waals surface area contributed by atoms with Crippen LogP contribution in [0.5, 0.6) is 5.75 Å². The number of nitrogens with zero attached hydrogens (tertiary/aromatic N) is 2. The SMILES string of the molecule is CC(=O)[C@@H](OC(C)(C)C)c1c(C)cc2c(ccc(=O)n2Cc2ccccc2)c1-c1ccc2c3c(ccnc13)CCO2. The Morgan fingerprint density at radius 1 is 1.07 bits per heavy atom. The van der Waals surface area contributed by atoms with Gasteiger partial charge in [0.2, 0.25) is 0 Å². The van der Waals surface area contributed by atoms with Crippen LogP contribution in [0.25, 0.3) is 32.9 Å². The van der Waals surface area contributed by atoms with Crippen molar-refractivity contribution < 1.29 is 14.3 Å². The average Bonchev–Trinajstić information content (AvgIpc) is 2.94. The van der Waals surface area contributed by atoms with Crippen LogP contribution in [0.2, 0.25) is 0 Å². The van der Waals surface area contributed by atoms with E-state index in [2.05, 4.69) is 0 Å². The van der Waals surface area contributed by atoms with Crippen molar-refractivity contribution in [3.8, 4) is 16.9 Å². The van der Waals surface area contributed by atoms with Gasteiger partial charge in [-0.15, -0.1) is 0 Å². The molecule has 0 saturated carbocycles. The Morgan fingerprint density at radius 2 is 1.85 bits per heavy atom. The van der Waals surface area contributed by atoms with E-state index in [9.17, 15) is 9.59 Å². The number of pyridine rings is 2. The van der Waals surface area contributed by atoms with Gasteiger partial charge in [-0.2, -0.15) is 0 Å². The van der Waals surface area contributed by atoms with Crippen LogP contribution in [0.1, 0.15) is 56.1 Å². The molecule has 1 atom stereocenters. The third kappa shape index (κ3) is 4.93. The molecule has 3 heterocycles. The monoisotopic (exact) mass is 546 g/mol. The van der Waals surface area contributed by atoms with Gasteiger partial charge in [-0.1, -0.05) is 30.3 Å². The highest BCUT2D eigenvalue weighted by atomic mass is 16.5. The predicted octanol–water partition coefficient (Wildman–Crippen LogP) is 6.95. The Kier molecular flexibility index (Phi) is 6.74. The lowest BCUT2D eigenvalue weighted by molar-refractivity contribution is -0.138. The topological polar surface area (TPSA) is 70.4 Å². The number of ether oxygens (including phenoxy) is 2. The summed E-state index contributed by atoms with van der Waals surface area (Å²) in [5.74, 6) is 0.729. The molecule has 0 bridgehead atoms. The summed E-state index contributed by atoms with van der Waals surface area (Å²) in [4.78, 5) is 31.4. The lowest BCUT2D eigenvalue weighted by atomic mass is 9.85. The molecule has 6 nitrogen and oxygen atoms in total. The van der Waals surface area contributed by atoms with E-state index < -0.39 is 11.7 Å². The fourth-order valence-electron chi connectivity index (χ4n) is 5.95. The summed E-state index contributed by atoms with van der Waals surface area (Å²) in [6, 6.07) is 21.5. The largest absolute Gasteiger partial charge is 0.493 e. The number of aromatic nitrogens is 2. The summed E-state index contributed by atoms with van der Waals surface area (Å²) in [6.07, 6.45) is 1.84. The number of carbonyl (C=O) groups is 1. The molecule has 0 aliphatic carbocycles. The van der Waals surface area contributed by atoms with Gasteiger partial charge in [0.05, 0.1) is 29.8 Å². The number of fused-ring (bicyclic) bond motifs is 1. The molecule has 0 N–H and O–H groups in total. The predicted molar refractivity (Wildman–Crippen MR) is 163 cm³/mol. The average molecular weight is 547 g/mol. The second-order valence-electron chi connectivity index (χ2n) is 11.8. The number of hydrogen-bond donors (Lipinski definition) is 0. The Labute approximate surface area is 239 Å². The highest BCUT2D eigenvalue weighted by Gasteiger charge is 2.31. The van der Waals surface area contributed by atoms with E-state index in [0.29, 0.717) is 13.2 Å². The number of benzene rings is 3. The zero-order chi connectivity index (χ0) is 28.9. The first-order valence-electron chi connectivity index (χ1n) is 14.1. The molecule has 1 aliphatic heterocycles. The highest BCUT2D eigenvalue weighted by Crippen LogP contribution is 2.45. The summed E-state index contributed by atoms with van der Waals surface area (Å²) in [7, 11) is 0. The first-order valence-corrected chi connectivity index (χ1v) is 14.1. The van der Waals surface area contributed by atoms with Crippen molar-refractivity contribution in [2.45, 2.75) is 59.3 Å². The summed E-state index contributed by atoms with van der Waals surface area (Å²) in [5, 5.41) is 1.86. The molecule has 41 heavy (non-hydrogen) atoms. The van der Waals surface area contributed by atoms with Gasteiger partial charge >= 0.3 is 0 Å². The summed E-state index contributed by atoms with van der Waals surface area (Å²) < 4.78 is 14.3. The van der Waals surface area contributed by atoms with E-state index in [1.807, 2.05) is 94.6 Å². The van der Waals surface area contributed by atoms with Crippen molar-refractivity contribution in [3.05, 3.63) is 106 Å². The number of carbonyl (C=O) groups excluding carboxylic acids is 1. The van der Waals surface area contributed by atoms with Gasteiger partial charge in [0.1, 0.15) is 11.9 Å². The standard InChI is InChI=1S/C35H34N2O4/c1-21-19-27-25(12-14-29(39)37(27)20-23-9-7-6-8-10-23)32(30(21)34(22(2)38)41-35(3,4)5)26-11-13-28-31-24(16-18-40-28)15-17-36-33(26)31/h6-15,17,19,34H,16,18,20H2,1-5H3/t34-/m1/s1. The maximum atomic E-state index is 13.3. The van der Waals surface area contributed by atoms with Gasteiger partial charge in [-0.3, -0.25) is 14.6 Å². The Morgan fingerprint density at radius 3 is 2.59 bits per heavy atom. The Hall–Kier alpha value is -4.29. The number of hydrogen-bond acceptors (Lipinski definition) is 5. The quantitative estimate of drug-likeness (QED) is 0.230. The molecule has 0 unspecified atom stereocenters. The van der Waals surface area contributed by atoms with Crippen LogP contribution in [0.4, 0.5) is 0 Å². The molecule has 0 fully saturated rings. The van der Waals surface area contributed by atoms with Gasteiger partial charge in [-0.25, -0.2) is 0 Å². The van der Waals surface area contributed by atoms with Gasteiger partial charge < -0.3 is 14.0 Å². The zero-order valence-electron chi connectivity index (χ0n) is 24.2. The van der Waals surface area contributed by atoms with E-state index >= 15 is 0 Å². The van der Waals surface area contributed by atoms with Gasteiger partial charge in [0, 0.05) is 35.0 Å². The molecule has 1 aliphatic rings. The lowest BCUT2D eigenvalue weighted by Crippen LogP contribution is -2.27. The lowest BCUT2D eigenvalue weighted by Gasteiger charge is -2.30. The van der Waals surface area contributed by atoms with E-state index in [1.54, 1.807) is 17.6 Å². The molecule has 0 radical (unpaired) electrons.